The van der Waals surface area contributed by atoms with E-state index in [4.69, 9.17) is 10.5 Å². The van der Waals surface area contributed by atoms with E-state index < -0.39 is 6.04 Å². The number of aromatic amines is 1. The molecule has 2 aromatic rings. The third kappa shape index (κ3) is 2.38. The molecule has 0 fully saturated rings. The summed E-state index contributed by atoms with van der Waals surface area (Å²) in [4.78, 5) is 14.7. The lowest BCUT2D eigenvalue weighted by molar-refractivity contribution is -0.144. The molecule has 1 atom stereocenters. The maximum absolute atomic E-state index is 11.5. The monoisotopic (exact) mass is 246 g/mol. The fourth-order valence-electron chi connectivity index (χ4n) is 2.10. The predicted molar refractivity (Wildman–Crippen MR) is 71.3 cm³/mol. The highest BCUT2D eigenvalue weighted by Gasteiger charge is 2.17. The summed E-state index contributed by atoms with van der Waals surface area (Å²) < 4.78 is 4.91. The van der Waals surface area contributed by atoms with Crippen LogP contribution in [0.1, 0.15) is 18.1 Å². The van der Waals surface area contributed by atoms with Crippen LogP contribution in [0.2, 0.25) is 0 Å². The number of hydrogen-bond donors (Lipinski definition) is 2. The second-order valence-electron chi connectivity index (χ2n) is 4.37. The van der Waals surface area contributed by atoms with Gasteiger partial charge in [-0.3, -0.25) is 4.79 Å². The number of carbonyl (C=O) groups excluding carboxylic acids is 1. The molecule has 2 rings (SSSR count). The molecule has 1 aromatic carbocycles. The number of esters is 1. The normalized spacial score (nSPS) is 12.6. The van der Waals surface area contributed by atoms with E-state index in [1.54, 1.807) is 6.92 Å². The maximum atomic E-state index is 11.5. The summed E-state index contributed by atoms with van der Waals surface area (Å²) in [5.74, 6) is -0.348. The van der Waals surface area contributed by atoms with Gasteiger partial charge in [0, 0.05) is 23.5 Å². The van der Waals surface area contributed by atoms with Crippen LogP contribution in [-0.2, 0) is 16.0 Å². The summed E-state index contributed by atoms with van der Waals surface area (Å²) in [5.41, 5.74) is 9.17. The highest BCUT2D eigenvalue weighted by molar-refractivity contribution is 5.86. The van der Waals surface area contributed by atoms with E-state index in [-0.39, 0.29) is 5.97 Å². The van der Waals surface area contributed by atoms with Gasteiger partial charge in [0.15, 0.2) is 0 Å². The number of nitrogens with one attached hydrogen (secondary N) is 1. The lowest BCUT2D eigenvalue weighted by Gasteiger charge is -2.09. The Morgan fingerprint density at radius 2 is 2.28 bits per heavy atom. The number of aromatic nitrogens is 1. The van der Waals surface area contributed by atoms with Crippen molar-refractivity contribution in [3.8, 4) is 0 Å². The Kier molecular flexibility index (Phi) is 3.67. The minimum absolute atomic E-state index is 0.348. The summed E-state index contributed by atoms with van der Waals surface area (Å²) in [7, 11) is 0. The quantitative estimate of drug-likeness (QED) is 0.810. The molecule has 0 aliphatic rings. The number of benzene rings is 1. The molecule has 0 radical (unpaired) electrons. The number of carbonyl (C=O) groups is 1. The van der Waals surface area contributed by atoms with Crippen molar-refractivity contribution < 1.29 is 9.53 Å². The van der Waals surface area contributed by atoms with Gasteiger partial charge in [-0.2, -0.15) is 0 Å². The molecule has 1 aromatic heterocycles. The Morgan fingerprint density at radius 3 is 3.00 bits per heavy atom. The van der Waals surface area contributed by atoms with Gasteiger partial charge >= 0.3 is 5.97 Å². The summed E-state index contributed by atoms with van der Waals surface area (Å²) in [5, 5.41) is 1.12. The SMILES string of the molecule is CCOC(=O)C(N)Cc1c[nH]c2c(C)cccc12. The van der Waals surface area contributed by atoms with E-state index in [0.717, 1.165) is 16.5 Å². The molecule has 3 N–H and O–H groups in total. The molecule has 0 aliphatic carbocycles. The highest BCUT2D eigenvalue weighted by Crippen LogP contribution is 2.22. The van der Waals surface area contributed by atoms with Crippen molar-refractivity contribution >= 4 is 16.9 Å². The van der Waals surface area contributed by atoms with Crippen LogP contribution in [0.5, 0.6) is 0 Å². The van der Waals surface area contributed by atoms with Crippen LogP contribution < -0.4 is 5.73 Å². The summed E-state index contributed by atoms with van der Waals surface area (Å²) >= 11 is 0. The Bertz CT molecular complexity index is 560. The first-order chi connectivity index (χ1) is 8.63. The number of ether oxygens (including phenoxy) is 1. The van der Waals surface area contributed by atoms with Gasteiger partial charge in [0.05, 0.1) is 6.61 Å². The molecule has 1 unspecified atom stereocenters. The number of para-hydroxylation sites is 1. The number of hydrogen-bond acceptors (Lipinski definition) is 3. The van der Waals surface area contributed by atoms with Crippen molar-refractivity contribution in [3.05, 3.63) is 35.5 Å². The number of H-pyrrole nitrogens is 1. The fourth-order valence-corrected chi connectivity index (χ4v) is 2.10. The van der Waals surface area contributed by atoms with Crippen molar-refractivity contribution in [1.82, 2.24) is 4.98 Å². The Balaban J connectivity index is 2.22. The van der Waals surface area contributed by atoms with Gasteiger partial charge in [0.25, 0.3) is 0 Å². The summed E-state index contributed by atoms with van der Waals surface area (Å²) in [6.45, 7) is 4.19. The molecule has 96 valence electrons. The number of rotatable bonds is 4. The van der Waals surface area contributed by atoms with Crippen LogP contribution in [0.4, 0.5) is 0 Å². The Morgan fingerprint density at radius 1 is 1.50 bits per heavy atom. The largest absolute Gasteiger partial charge is 0.465 e. The third-order valence-corrected chi connectivity index (χ3v) is 3.04. The topological polar surface area (TPSA) is 68.1 Å². The highest BCUT2D eigenvalue weighted by atomic mass is 16.5. The average Bonchev–Trinajstić information content (AvgIpc) is 2.74. The van der Waals surface area contributed by atoms with Gasteiger partial charge in [0.1, 0.15) is 6.04 Å². The van der Waals surface area contributed by atoms with Crippen LogP contribution in [0.25, 0.3) is 10.9 Å². The van der Waals surface area contributed by atoms with Crippen molar-refractivity contribution in [2.45, 2.75) is 26.3 Å². The lowest BCUT2D eigenvalue weighted by atomic mass is 10.0. The second kappa shape index (κ2) is 5.23. The first-order valence-electron chi connectivity index (χ1n) is 6.11. The van der Waals surface area contributed by atoms with Gasteiger partial charge in [-0.05, 0) is 25.0 Å². The van der Waals surface area contributed by atoms with Crippen molar-refractivity contribution in [3.63, 3.8) is 0 Å². The number of fused-ring (bicyclic) bond motifs is 1. The number of nitrogens with two attached hydrogens (primary N) is 1. The Hall–Kier alpha value is -1.81. The molecule has 1 heterocycles. The van der Waals surface area contributed by atoms with Crippen LogP contribution in [-0.4, -0.2) is 23.6 Å². The van der Waals surface area contributed by atoms with Gasteiger partial charge in [-0.15, -0.1) is 0 Å². The zero-order valence-electron chi connectivity index (χ0n) is 10.7. The summed E-state index contributed by atoms with van der Waals surface area (Å²) in [6.07, 6.45) is 2.40. The van der Waals surface area contributed by atoms with Gasteiger partial charge in [0.2, 0.25) is 0 Å². The zero-order valence-corrected chi connectivity index (χ0v) is 10.7. The molecular weight excluding hydrogens is 228 g/mol. The van der Waals surface area contributed by atoms with E-state index in [2.05, 4.69) is 4.98 Å². The van der Waals surface area contributed by atoms with Crippen molar-refractivity contribution in [2.24, 2.45) is 5.73 Å². The van der Waals surface area contributed by atoms with E-state index >= 15 is 0 Å². The minimum atomic E-state index is -0.607. The fraction of sp³-hybridized carbons (Fsp3) is 0.357. The Labute approximate surface area is 106 Å². The maximum Gasteiger partial charge on any atom is 0.323 e. The van der Waals surface area contributed by atoms with E-state index in [0.29, 0.717) is 13.0 Å². The van der Waals surface area contributed by atoms with Gasteiger partial charge in [-0.25, -0.2) is 0 Å². The van der Waals surface area contributed by atoms with Crippen molar-refractivity contribution in [2.75, 3.05) is 6.61 Å². The average molecular weight is 246 g/mol. The van der Waals surface area contributed by atoms with Crippen LogP contribution in [0, 0.1) is 6.92 Å². The third-order valence-electron chi connectivity index (χ3n) is 3.04. The first-order valence-corrected chi connectivity index (χ1v) is 6.11. The molecular formula is C14H18N2O2. The van der Waals surface area contributed by atoms with Gasteiger partial charge < -0.3 is 15.5 Å². The molecule has 0 amide bonds. The lowest BCUT2D eigenvalue weighted by Crippen LogP contribution is -2.34. The van der Waals surface area contributed by atoms with Crippen LogP contribution in [0.15, 0.2) is 24.4 Å². The molecule has 4 heteroatoms. The zero-order chi connectivity index (χ0) is 13.1. The van der Waals surface area contributed by atoms with Gasteiger partial charge in [-0.1, -0.05) is 18.2 Å². The molecule has 0 saturated carbocycles. The van der Waals surface area contributed by atoms with Crippen molar-refractivity contribution in [1.29, 1.82) is 0 Å². The molecule has 18 heavy (non-hydrogen) atoms. The van der Waals surface area contributed by atoms with E-state index in [1.165, 1.54) is 5.56 Å². The molecule has 0 saturated heterocycles. The smallest absolute Gasteiger partial charge is 0.323 e. The number of aryl methyl sites for hydroxylation is 1. The first kappa shape index (κ1) is 12.6. The molecule has 4 nitrogen and oxygen atoms in total. The standard InChI is InChI=1S/C14H18N2O2/c1-3-18-14(17)12(15)7-10-8-16-13-9(2)5-4-6-11(10)13/h4-6,8,12,16H,3,7,15H2,1-2H3. The van der Waals surface area contributed by atoms with Crippen LogP contribution in [0.3, 0.4) is 0 Å². The molecule has 0 aliphatic heterocycles. The van der Waals surface area contributed by atoms with Crippen LogP contribution >= 0.6 is 0 Å². The second-order valence-corrected chi connectivity index (χ2v) is 4.37. The van der Waals surface area contributed by atoms with E-state index in [9.17, 15) is 4.79 Å². The molecule has 0 spiro atoms. The predicted octanol–water partition coefficient (Wildman–Crippen LogP) is 1.91. The molecule has 0 bridgehead atoms. The minimum Gasteiger partial charge on any atom is -0.465 e. The van der Waals surface area contributed by atoms with E-state index in [1.807, 2.05) is 31.3 Å². The summed E-state index contributed by atoms with van der Waals surface area (Å²) in [6, 6.07) is 5.48.